The van der Waals surface area contributed by atoms with Crippen LogP contribution in [0.1, 0.15) is 25.3 Å². The van der Waals surface area contributed by atoms with Gasteiger partial charge in [-0.25, -0.2) is 0 Å². The van der Waals surface area contributed by atoms with E-state index < -0.39 is 0 Å². The second-order valence-corrected chi connectivity index (χ2v) is 6.16. The lowest BCUT2D eigenvalue weighted by Gasteiger charge is -2.14. The SMILES string of the molecule is CC(C)C1C(=O)Nc2ccc(NC(=O)COc3ccccc3)cc21. The monoisotopic (exact) mass is 324 g/mol. The molecule has 2 N–H and O–H groups in total. The molecule has 1 heterocycles. The number of para-hydroxylation sites is 1. The molecule has 124 valence electrons. The average molecular weight is 324 g/mol. The molecule has 0 fully saturated rings. The minimum atomic E-state index is -0.239. The first-order chi connectivity index (χ1) is 11.5. The van der Waals surface area contributed by atoms with Gasteiger partial charge in [-0.1, -0.05) is 32.0 Å². The number of hydrogen-bond acceptors (Lipinski definition) is 3. The lowest BCUT2D eigenvalue weighted by Crippen LogP contribution is -2.20. The second kappa shape index (κ2) is 6.74. The molecule has 5 heteroatoms. The third-order valence-corrected chi connectivity index (χ3v) is 3.99. The molecule has 2 amide bonds. The Balaban J connectivity index is 1.66. The van der Waals surface area contributed by atoms with Crippen LogP contribution < -0.4 is 15.4 Å². The molecule has 0 radical (unpaired) electrons. The van der Waals surface area contributed by atoms with Crippen molar-refractivity contribution in [3.05, 3.63) is 54.1 Å². The van der Waals surface area contributed by atoms with Gasteiger partial charge in [-0.2, -0.15) is 0 Å². The fourth-order valence-electron chi connectivity index (χ4n) is 2.89. The van der Waals surface area contributed by atoms with Crippen molar-refractivity contribution in [3.63, 3.8) is 0 Å². The van der Waals surface area contributed by atoms with E-state index in [1.807, 2.05) is 44.2 Å². The molecule has 0 bridgehead atoms. The van der Waals surface area contributed by atoms with E-state index in [9.17, 15) is 9.59 Å². The largest absolute Gasteiger partial charge is 0.484 e. The fourth-order valence-corrected chi connectivity index (χ4v) is 2.89. The predicted molar refractivity (Wildman–Crippen MR) is 93.2 cm³/mol. The maximum atomic E-state index is 12.0. The maximum absolute atomic E-state index is 12.0. The summed E-state index contributed by atoms with van der Waals surface area (Å²) in [7, 11) is 0. The Labute approximate surface area is 141 Å². The molecule has 24 heavy (non-hydrogen) atoms. The second-order valence-electron chi connectivity index (χ2n) is 6.16. The van der Waals surface area contributed by atoms with Gasteiger partial charge in [0.1, 0.15) is 5.75 Å². The zero-order valence-corrected chi connectivity index (χ0v) is 13.7. The molecule has 3 rings (SSSR count). The van der Waals surface area contributed by atoms with Gasteiger partial charge < -0.3 is 15.4 Å². The van der Waals surface area contributed by atoms with Gasteiger partial charge in [0.25, 0.3) is 5.91 Å². The summed E-state index contributed by atoms with van der Waals surface area (Å²) in [6.07, 6.45) is 0. The Morgan fingerprint density at radius 1 is 1.21 bits per heavy atom. The summed E-state index contributed by atoms with van der Waals surface area (Å²) in [5.41, 5.74) is 2.41. The maximum Gasteiger partial charge on any atom is 0.262 e. The summed E-state index contributed by atoms with van der Waals surface area (Å²) in [5, 5.41) is 5.69. The molecule has 0 aliphatic carbocycles. The van der Waals surface area contributed by atoms with Crippen molar-refractivity contribution in [1.29, 1.82) is 0 Å². The van der Waals surface area contributed by atoms with Gasteiger partial charge in [-0.05, 0) is 41.8 Å². The van der Waals surface area contributed by atoms with Crippen LogP contribution in [0.2, 0.25) is 0 Å². The number of amides is 2. The minimum Gasteiger partial charge on any atom is -0.484 e. The van der Waals surface area contributed by atoms with E-state index in [2.05, 4.69) is 10.6 Å². The number of hydrogen-bond donors (Lipinski definition) is 2. The van der Waals surface area contributed by atoms with Gasteiger partial charge >= 0.3 is 0 Å². The molecule has 1 unspecified atom stereocenters. The number of fused-ring (bicyclic) bond motifs is 1. The summed E-state index contributed by atoms with van der Waals surface area (Å²) < 4.78 is 5.43. The van der Waals surface area contributed by atoms with Crippen LogP contribution >= 0.6 is 0 Å². The highest BCUT2D eigenvalue weighted by Crippen LogP contribution is 2.38. The zero-order chi connectivity index (χ0) is 17.1. The molecule has 1 aliphatic heterocycles. The number of nitrogens with one attached hydrogen (secondary N) is 2. The highest BCUT2D eigenvalue weighted by molar-refractivity contribution is 6.04. The number of ether oxygens (including phenoxy) is 1. The quantitative estimate of drug-likeness (QED) is 0.886. The van der Waals surface area contributed by atoms with Crippen molar-refractivity contribution >= 4 is 23.2 Å². The van der Waals surface area contributed by atoms with Crippen LogP contribution in [0.3, 0.4) is 0 Å². The van der Waals surface area contributed by atoms with E-state index in [1.165, 1.54) is 0 Å². The van der Waals surface area contributed by atoms with Crippen LogP contribution in [-0.4, -0.2) is 18.4 Å². The fraction of sp³-hybridized carbons (Fsp3) is 0.263. The molecule has 0 saturated carbocycles. The normalized spacial score (nSPS) is 15.8. The highest BCUT2D eigenvalue weighted by atomic mass is 16.5. The van der Waals surface area contributed by atoms with Gasteiger partial charge in [0.2, 0.25) is 5.91 Å². The Hall–Kier alpha value is -2.82. The Bertz CT molecular complexity index is 756. The van der Waals surface area contributed by atoms with E-state index in [-0.39, 0.29) is 30.3 Å². The minimum absolute atomic E-state index is 0.0101. The first-order valence-corrected chi connectivity index (χ1v) is 7.97. The molecule has 1 aliphatic rings. The van der Waals surface area contributed by atoms with Crippen molar-refractivity contribution < 1.29 is 14.3 Å². The summed E-state index contributed by atoms with van der Waals surface area (Å²) in [6.45, 7) is 3.96. The van der Waals surface area contributed by atoms with Crippen LogP contribution in [0, 0.1) is 5.92 Å². The molecule has 2 aromatic rings. The zero-order valence-electron chi connectivity index (χ0n) is 13.7. The van der Waals surface area contributed by atoms with E-state index >= 15 is 0 Å². The molecule has 0 saturated heterocycles. The van der Waals surface area contributed by atoms with Crippen molar-refractivity contribution in [2.45, 2.75) is 19.8 Å². The number of rotatable bonds is 5. The van der Waals surface area contributed by atoms with Crippen LogP contribution in [-0.2, 0) is 9.59 Å². The lowest BCUT2D eigenvalue weighted by atomic mass is 9.89. The first-order valence-electron chi connectivity index (χ1n) is 7.97. The van der Waals surface area contributed by atoms with E-state index in [4.69, 9.17) is 4.74 Å². The summed E-state index contributed by atoms with van der Waals surface area (Å²) in [6, 6.07) is 14.6. The number of anilines is 2. The molecule has 2 aromatic carbocycles. The van der Waals surface area contributed by atoms with Crippen molar-refractivity contribution in [2.75, 3.05) is 17.2 Å². The molecular formula is C19H20N2O3. The average Bonchev–Trinajstić information content (AvgIpc) is 2.89. The third kappa shape index (κ3) is 3.40. The number of benzene rings is 2. The number of carbonyl (C=O) groups is 2. The third-order valence-electron chi connectivity index (χ3n) is 3.99. The van der Waals surface area contributed by atoms with Gasteiger partial charge in [0, 0.05) is 11.4 Å². The van der Waals surface area contributed by atoms with Crippen molar-refractivity contribution in [1.82, 2.24) is 0 Å². The van der Waals surface area contributed by atoms with E-state index in [0.29, 0.717) is 11.4 Å². The van der Waals surface area contributed by atoms with Crippen LogP contribution in [0.4, 0.5) is 11.4 Å². The summed E-state index contributed by atoms with van der Waals surface area (Å²) in [5.74, 6) is 0.431. The standard InChI is InChI=1S/C19H20N2O3/c1-12(2)18-15-10-13(8-9-16(15)21-19(18)23)20-17(22)11-24-14-6-4-3-5-7-14/h3-10,12,18H,11H2,1-2H3,(H,20,22)(H,21,23). The van der Waals surface area contributed by atoms with Crippen molar-refractivity contribution in [2.24, 2.45) is 5.92 Å². The summed E-state index contributed by atoms with van der Waals surface area (Å²) >= 11 is 0. The molecule has 0 spiro atoms. The van der Waals surface area contributed by atoms with Gasteiger partial charge in [-0.3, -0.25) is 9.59 Å². The Kier molecular flexibility index (Phi) is 4.51. The van der Waals surface area contributed by atoms with E-state index in [0.717, 1.165) is 11.3 Å². The van der Waals surface area contributed by atoms with Gasteiger partial charge in [0.15, 0.2) is 6.61 Å². The molecule has 0 aromatic heterocycles. The topological polar surface area (TPSA) is 67.4 Å². The number of carbonyl (C=O) groups excluding carboxylic acids is 2. The van der Waals surface area contributed by atoms with Crippen molar-refractivity contribution in [3.8, 4) is 5.75 Å². The first kappa shape index (κ1) is 16.1. The Morgan fingerprint density at radius 3 is 2.67 bits per heavy atom. The van der Waals surface area contributed by atoms with Gasteiger partial charge in [-0.15, -0.1) is 0 Å². The molecule has 1 atom stereocenters. The lowest BCUT2D eigenvalue weighted by molar-refractivity contribution is -0.118. The van der Waals surface area contributed by atoms with Gasteiger partial charge in [0.05, 0.1) is 5.92 Å². The smallest absolute Gasteiger partial charge is 0.262 e. The Morgan fingerprint density at radius 2 is 1.96 bits per heavy atom. The summed E-state index contributed by atoms with van der Waals surface area (Å²) in [4.78, 5) is 24.1. The van der Waals surface area contributed by atoms with Crippen LogP contribution in [0.15, 0.2) is 48.5 Å². The van der Waals surface area contributed by atoms with Crippen LogP contribution in [0.25, 0.3) is 0 Å². The molecular weight excluding hydrogens is 304 g/mol. The molecule has 5 nitrogen and oxygen atoms in total. The highest BCUT2D eigenvalue weighted by Gasteiger charge is 2.32. The predicted octanol–water partition coefficient (Wildman–Crippen LogP) is 3.40. The van der Waals surface area contributed by atoms with Crippen LogP contribution in [0.5, 0.6) is 5.75 Å². The van der Waals surface area contributed by atoms with E-state index in [1.54, 1.807) is 18.2 Å².